The van der Waals surface area contributed by atoms with Gasteiger partial charge in [-0.2, -0.15) is 5.10 Å². The van der Waals surface area contributed by atoms with Crippen LogP contribution in [0.2, 0.25) is 0 Å². The monoisotopic (exact) mass is 473 g/mol. The molecule has 0 spiro atoms. The SMILES string of the molecule is Cn1nc(C2CC2)cc1CCCCCN(C(=O)C12CC(F)(C1)C2)c1cccc(Br)c1. The highest BCUT2D eigenvalue weighted by Gasteiger charge is 2.73. The van der Waals surface area contributed by atoms with Crippen LogP contribution in [-0.4, -0.2) is 27.9 Å². The number of anilines is 1. The third kappa shape index (κ3) is 3.72. The Morgan fingerprint density at radius 3 is 2.67 bits per heavy atom. The van der Waals surface area contributed by atoms with Crippen LogP contribution in [0.3, 0.4) is 0 Å². The second kappa shape index (κ2) is 7.47. The van der Waals surface area contributed by atoms with Crippen molar-refractivity contribution in [2.24, 2.45) is 12.5 Å². The predicted octanol–water partition coefficient (Wildman–Crippen LogP) is 5.70. The lowest BCUT2D eigenvalue weighted by Crippen LogP contribution is -2.70. The quantitative estimate of drug-likeness (QED) is 0.438. The first-order valence-electron chi connectivity index (χ1n) is 11.2. The van der Waals surface area contributed by atoms with E-state index in [1.165, 1.54) is 24.2 Å². The van der Waals surface area contributed by atoms with Crippen LogP contribution in [0.5, 0.6) is 0 Å². The molecular formula is C24H29BrFN3O. The van der Waals surface area contributed by atoms with Crippen molar-refractivity contribution in [3.63, 3.8) is 0 Å². The summed E-state index contributed by atoms with van der Waals surface area (Å²) < 4.78 is 17.0. The topological polar surface area (TPSA) is 38.1 Å². The van der Waals surface area contributed by atoms with Gasteiger partial charge in [0.1, 0.15) is 5.67 Å². The Balaban J connectivity index is 1.17. The Morgan fingerprint density at radius 1 is 1.23 bits per heavy atom. The third-order valence-electron chi connectivity index (χ3n) is 7.09. The van der Waals surface area contributed by atoms with Crippen LogP contribution in [0, 0.1) is 5.41 Å². The van der Waals surface area contributed by atoms with Crippen LogP contribution < -0.4 is 4.90 Å². The summed E-state index contributed by atoms with van der Waals surface area (Å²) in [5.74, 6) is 0.802. The molecule has 160 valence electrons. The van der Waals surface area contributed by atoms with Crippen molar-refractivity contribution in [3.8, 4) is 0 Å². The standard InChI is InChI=1S/C24H29BrFN3O/c1-28-19(13-21(27-28)17-9-10-17)7-3-2-4-11-29(20-8-5-6-18(25)12-20)22(30)23-14-24(26,15-23)16-23/h5-6,8,12-13,17H,2-4,7,9-11,14-16H2,1H3. The van der Waals surface area contributed by atoms with E-state index >= 15 is 0 Å². The van der Waals surface area contributed by atoms with Gasteiger partial charge in [-0.25, -0.2) is 4.39 Å². The highest BCUT2D eigenvalue weighted by molar-refractivity contribution is 9.10. The predicted molar refractivity (Wildman–Crippen MR) is 119 cm³/mol. The van der Waals surface area contributed by atoms with Crippen molar-refractivity contribution in [3.05, 3.63) is 46.2 Å². The number of aromatic nitrogens is 2. The van der Waals surface area contributed by atoms with Crippen LogP contribution >= 0.6 is 15.9 Å². The van der Waals surface area contributed by atoms with Crippen LogP contribution in [-0.2, 0) is 18.3 Å². The number of benzene rings is 1. The lowest BCUT2D eigenvalue weighted by Gasteiger charge is -2.65. The summed E-state index contributed by atoms with van der Waals surface area (Å²) in [6.07, 6.45) is 7.90. The molecule has 4 nitrogen and oxygen atoms in total. The summed E-state index contributed by atoms with van der Waals surface area (Å²) in [5.41, 5.74) is 1.97. The van der Waals surface area contributed by atoms with E-state index in [-0.39, 0.29) is 5.91 Å². The Hall–Kier alpha value is -1.69. The maximum atomic E-state index is 14.0. The minimum Gasteiger partial charge on any atom is -0.312 e. The molecule has 2 bridgehead atoms. The van der Waals surface area contributed by atoms with Crippen molar-refractivity contribution in [2.75, 3.05) is 11.4 Å². The van der Waals surface area contributed by atoms with E-state index in [0.717, 1.165) is 35.8 Å². The summed E-state index contributed by atoms with van der Waals surface area (Å²) in [6, 6.07) is 10.2. The number of alkyl halides is 1. The molecule has 6 rings (SSSR count). The zero-order valence-corrected chi connectivity index (χ0v) is 19.1. The van der Waals surface area contributed by atoms with Crippen LogP contribution in [0.25, 0.3) is 0 Å². The van der Waals surface area contributed by atoms with Gasteiger partial charge < -0.3 is 4.90 Å². The molecule has 4 fully saturated rings. The van der Waals surface area contributed by atoms with Crippen molar-refractivity contribution >= 4 is 27.5 Å². The van der Waals surface area contributed by atoms with Gasteiger partial charge in [0, 0.05) is 35.4 Å². The smallest absolute Gasteiger partial charge is 0.233 e. The molecule has 0 radical (unpaired) electrons. The van der Waals surface area contributed by atoms with E-state index in [1.807, 2.05) is 40.9 Å². The first-order valence-corrected chi connectivity index (χ1v) is 12.0. The van der Waals surface area contributed by atoms with Gasteiger partial charge in [-0.15, -0.1) is 0 Å². The molecule has 2 aromatic rings. The first-order chi connectivity index (χ1) is 14.4. The van der Waals surface area contributed by atoms with Crippen molar-refractivity contribution in [1.82, 2.24) is 9.78 Å². The number of hydrogen-bond acceptors (Lipinski definition) is 2. The largest absolute Gasteiger partial charge is 0.312 e. The molecule has 4 aliphatic carbocycles. The molecule has 0 N–H and O–H groups in total. The Labute approximate surface area is 186 Å². The normalized spacial score (nSPS) is 26.8. The number of amides is 1. The molecule has 1 aromatic carbocycles. The summed E-state index contributed by atoms with van der Waals surface area (Å²) in [5, 5.41) is 4.65. The highest BCUT2D eigenvalue weighted by atomic mass is 79.9. The lowest BCUT2D eigenvalue weighted by atomic mass is 9.42. The van der Waals surface area contributed by atoms with Gasteiger partial charge >= 0.3 is 0 Å². The van der Waals surface area contributed by atoms with E-state index in [4.69, 9.17) is 0 Å². The average Bonchev–Trinajstić information content (AvgIpc) is 3.44. The summed E-state index contributed by atoms with van der Waals surface area (Å²) in [6.45, 7) is 0.690. The molecule has 6 heteroatoms. The molecule has 4 saturated carbocycles. The van der Waals surface area contributed by atoms with Crippen LogP contribution in [0.1, 0.15) is 68.7 Å². The van der Waals surface area contributed by atoms with Crippen molar-refractivity contribution in [1.29, 1.82) is 0 Å². The summed E-state index contributed by atoms with van der Waals surface area (Å²) in [7, 11) is 2.04. The minimum atomic E-state index is -1.05. The van der Waals surface area contributed by atoms with Crippen LogP contribution in [0.4, 0.5) is 10.1 Å². The van der Waals surface area contributed by atoms with E-state index in [0.29, 0.717) is 31.7 Å². The third-order valence-corrected chi connectivity index (χ3v) is 7.58. The average molecular weight is 474 g/mol. The van der Waals surface area contributed by atoms with E-state index < -0.39 is 11.1 Å². The minimum absolute atomic E-state index is 0.112. The molecule has 1 aromatic heterocycles. The van der Waals surface area contributed by atoms with Crippen LogP contribution in [0.15, 0.2) is 34.8 Å². The van der Waals surface area contributed by atoms with Gasteiger partial charge in [-0.05, 0) is 75.6 Å². The fraction of sp³-hybridized carbons (Fsp3) is 0.583. The number of hydrogen-bond donors (Lipinski definition) is 0. The van der Waals surface area contributed by atoms with Gasteiger partial charge in [-0.1, -0.05) is 28.4 Å². The Morgan fingerprint density at radius 2 is 2.00 bits per heavy atom. The number of aryl methyl sites for hydroxylation is 2. The summed E-state index contributed by atoms with van der Waals surface area (Å²) >= 11 is 3.52. The zero-order chi connectivity index (χ0) is 20.9. The molecule has 1 amide bonds. The molecule has 0 unspecified atom stereocenters. The molecule has 0 saturated heterocycles. The number of carbonyl (C=O) groups excluding carboxylic acids is 1. The maximum absolute atomic E-state index is 14.0. The Bertz CT molecular complexity index is 947. The van der Waals surface area contributed by atoms with E-state index in [2.05, 4.69) is 27.1 Å². The number of rotatable bonds is 9. The molecule has 0 aliphatic heterocycles. The Kier molecular flexibility index (Phi) is 5.04. The number of halogens is 2. The van der Waals surface area contributed by atoms with Gasteiger partial charge in [0.05, 0.1) is 11.1 Å². The lowest BCUT2D eigenvalue weighted by molar-refractivity contribution is -0.211. The van der Waals surface area contributed by atoms with Gasteiger partial charge in [0.25, 0.3) is 0 Å². The maximum Gasteiger partial charge on any atom is 0.233 e. The summed E-state index contributed by atoms with van der Waals surface area (Å²) in [4.78, 5) is 15.2. The fourth-order valence-corrected chi connectivity index (χ4v) is 5.65. The van der Waals surface area contributed by atoms with Gasteiger partial charge in [0.15, 0.2) is 0 Å². The highest BCUT2D eigenvalue weighted by Crippen LogP contribution is 2.70. The molecular weight excluding hydrogens is 445 g/mol. The second-order valence-electron chi connectivity index (χ2n) is 9.67. The number of unbranched alkanes of at least 4 members (excludes halogenated alkanes) is 2. The van der Waals surface area contributed by atoms with Crippen molar-refractivity contribution in [2.45, 2.75) is 69.4 Å². The molecule has 4 aliphatic rings. The van der Waals surface area contributed by atoms with Gasteiger partial charge in [-0.3, -0.25) is 9.48 Å². The first kappa shape index (κ1) is 20.2. The van der Waals surface area contributed by atoms with Crippen molar-refractivity contribution < 1.29 is 9.18 Å². The van der Waals surface area contributed by atoms with E-state index in [9.17, 15) is 9.18 Å². The fourth-order valence-electron chi connectivity index (χ4n) is 5.26. The van der Waals surface area contributed by atoms with Gasteiger partial charge in [0.2, 0.25) is 5.91 Å². The molecule has 0 atom stereocenters. The number of nitrogens with zero attached hydrogens (tertiary/aromatic N) is 3. The number of carbonyl (C=O) groups is 1. The second-order valence-corrected chi connectivity index (χ2v) is 10.6. The van der Waals surface area contributed by atoms with E-state index in [1.54, 1.807) is 0 Å². The zero-order valence-electron chi connectivity index (χ0n) is 17.5. The molecule has 30 heavy (non-hydrogen) atoms. The molecule has 1 heterocycles.